The van der Waals surface area contributed by atoms with Gasteiger partial charge < -0.3 is 15.4 Å². The van der Waals surface area contributed by atoms with Crippen LogP contribution in [0.5, 0.6) is 0 Å². The van der Waals surface area contributed by atoms with E-state index in [9.17, 15) is 14.4 Å². The van der Waals surface area contributed by atoms with E-state index in [1.54, 1.807) is 24.3 Å². The van der Waals surface area contributed by atoms with E-state index < -0.39 is 0 Å². The van der Waals surface area contributed by atoms with Crippen molar-refractivity contribution < 1.29 is 19.1 Å². The monoisotopic (exact) mass is 361 g/mol. The number of imide groups is 1. The Balaban J connectivity index is 1.56. The van der Waals surface area contributed by atoms with Gasteiger partial charge in [0, 0.05) is 32.8 Å². The molecular formula is C19H27N3O4. The van der Waals surface area contributed by atoms with E-state index in [0.29, 0.717) is 37.2 Å². The Morgan fingerprint density at radius 3 is 2.15 bits per heavy atom. The first kappa shape index (κ1) is 19.9. The van der Waals surface area contributed by atoms with Crippen LogP contribution in [0.15, 0.2) is 24.3 Å². The molecule has 0 spiro atoms. The Kier molecular flexibility index (Phi) is 8.08. The standard InChI is InChI=1S/C19H27N3O4/c1-2-3-13-26-14-7-11-21-19(25)20-10-6-12-22-17(23)15-8-4-5-9-16(15)18(22)24/h4-5,8-9H,2-3,6-7,10-14H2,1H3,(H2,20,21,25). The van der Waals surface area contributed by atoms with Crippen molar-refractivity contribution in [3.8, 4) is 0 Å². The fourth-order valence-electron chi connectivity index (χ4n) is 2.67. The maximum Gasteiger partial charge on any atom is 0.314 e. The van der Waals surface area contributed by atoms with Crippen LogP contribution in [0.4, 0.5) is 4.79 Å². The zero-order valence-electron chi connectivity index (χ0n) is 15.3. The number of fused-ring (bicyclic) bond motifs is 1. The van der Waals surface area contributed by atoms with Crippen molar-refractivity contribution in [2.45, 2.75) is 32.6 Å². The first-order chi connectivity index (χ1) is 12.6. The molecule has 4 amide bonds. The quantitative estimate of drug-likeness (QED) is 0.467. The zero-order chi connectivity index (χ0) is 18.8. The summed E-state index contributed by atoms with van der Waals surface area (Å²) >= 11 is 0. The van der Waals surface area contributed by atoms with Crippen LogP contribution < -0.4 is 10.6 Å². The van der Waals surface area contributed by atoms with E-state index in [1.165, 1.54) is 4.90 Å². The molecular weight excluding hydrogens is 334 g/mol. The largest absolute Gasteiger partial charge is 0.381 e. The number of urea groups is 1. The Labute approximate surface area is 154 Å². The van der Waals surface area contributed by atoms with Crippen LogP contribution in [0.1, 0.15) is 53.3 Å². The fraction of sp³-hybridized carbons (Fsp3) is 0.526. The molecule has 1 aromatic carbocycles. The summed E-state index contributed by atoms with van der Waals surface area (Å²) < 4.78 is 5.42. The summed E-state index contributed by atoms with van der Waals surface area (Å²) in [4.78, 5) is 37.3. The molecule has 0 saturated heterocycles. The number of hydrogen-bond acceptors (Lipinski definition) is 4. The Bertz CT molecular complexity index is 598. The molecule has 0 bridgehead atoms. The minimum Gasteiger partial charge on any atom is -0.381 e. The predicted octanol–water partition coefficient (Wildman–Crippen LogP) is 2.18. The summed E-state index contributed by atoms with van der Waals surface area (Å²) in [5.41, 5.74) is 0.897. The van der Waals surface area contributed by atoms with Gasteiger partial charge in [-0.15, -0.1) is 0 Å². The number of nitrogens with zero attached hydrogens (tertiary/aromatic N) is 1. The van der Waals surface area contributed by atoms with E-state index in [4.69, 9.17) is 4.74 Å². The molecule has 0 unspecified atom stereocenters. The van der Waals surface area contributed by atoms with Crippen LogP contribution in [-0.2, 0) is 4.74 Å². The molecule has 142 valence electrons. The molecule has 0 radical (unpaired) electrons. The second kappa shape index (κ2) is 10.6. The second-order valence-corrected chi connectivity index (χ2v) is 6.16. The Hall–Kier alpha value is -2.41. The lowest BCUT2D eigenvalue weighted by atomic mass is 10.1. The number of hydrogen-bond donors (Lipinski definition) is 2. The molecule has 7 nitrogen and oxygen atoms in total. The number of amides is 4. The number of rotatable bonds is 11. The molecule has 0 atom stereocenters. The number of benzene rings is 1. The molecule has 1 aliphatic rings. The van der Waals surface area contributed by atoms with Gasteiger partial charge in [0.2, 0.25) is 0 Å². The highest BCUT2D eigenvalue weighted by atomic mass is 16.5. The van der Waals surface area contributed by atoms with Crippen LogP contribution in [0, 0.1) is 0 Å². The van der Waals surface area contributed by atoms with E-state index in [2.05, 4.69) is 17.6 Å². The summed E-state index contributed by atoms with van der Waals surface area (Å²) in [6, 6.07) is 6.56. The van der Waals surface area contributed by atoms with Gasteiger partial charge in [0.25, 0.3) is 11.8 Å². The number of carbonyl (C=O) groups excluding carboxylic acids is 3. The number of nitrogens with one attached hydrogen (secondary N) is 2. The maximum absolute atomic E-state index is 12.2. The molecule has 2 rings (SSSR count). The van der Waals surface area contributed by atoms with Crippen LogP contribution >= 0.6 is 0 Å². The van der Waals surface area contributed by atoms with Crippen molar-refractivity contribution >= 4 is 17.8 Å². The molecule has 0 saturated carbocycles. The highest BCUT2D eigenvalue weighted by Gasteiger charge is 2.34. The van der Waals surface area contributed by atoms with Crippen LogP contribution in [0.3, 0.4) is 0 Å². The van der Waals surface area contributed by atoms with Gasteiger partial charge >= 0.3 is 6.03 Å². The average molecular weight is 361 g/mol. The third-order valence-corrected chi connectivity index (χ3v) is 4.12. The summed E-state index contributed by atoms with van der Waals surface area (Å²) in [5, 5.41) is 5.48. The number of carbonyl (C=O) groups is 3. The lowest BCUT2D eigenvalue weighted by Crippen LogP contribution is -2.38. The van der Waals surface area contributed by atoms with Gasteiger partial charge in [-0.1, -0.05) is 25.5 Å². The van der Waals surface area contributed by atoms with Gasteiger partial charge in [-0.25, -0.2) is 4.79 Å². The van der Waals surface area contributed by atoms with Crippen molar-refractivity contribution in [3.63, 3.8) is 0 Å². The first-order valence-electron chi connectivity index (χ1n) is 9.19. The number of ether oxygens (including phenoxy) is 1. The summed E-state index contributed by atoms with van der Waals surface area (Å²) in [6.07, 6.45) is 3.45. The average Bonchev–Trinajstić information content (AvgIpc) is 2.89. The third-order valence-electron chi connectivity index (χ3n) is 4.12. The van der Waals surface area contributed by atoms with Gasteiger partial charge in [-0.05, 0) is 31.4 Å². The van der Waals surface area contributed by atoms with Gasteiger partial charge in [0.1, 0.15) is 0 Å². The molecule has 2 N–H and O–H groups in total. The molecule has 0 aromatic heterocycles. The van der Waals surface area contributed by atoms with E-state index >= 15 is 0 Å². The van der Waals surface area contributed by atoms with Crippen LogP contribution in [0.25, 0.3) is 0 Å². The smallest absolute Gasteiger partial charge is 0.314 e. The van der Waals surface area contributed by atoms with Crippen molar-refractivity contribution in [2.24, 2.45) is 0 Å². The molecule has 1 aliphatic heterocycles. The summed E-state index contributed by atoms with van der Waals surface area (Å²) in [5.74, 6) is -0.531. The Morgan fingerprint density at radius 2 is 1.54 bits per heavy atom. The van der Waals surface area contributed by atoms with E-state index in [0.717, 1.165) is 25.9 Å². The molecule has 1 aromatic rings. The Morgan fingerprint density at radius 1 is 0.962 bits per heavy atom. The summed E-state index contributed by atoms with van der Waals surface area (Å²) in [7, 11) is 0. The minimum atomic E-state index is -0.266. The van der Waals surface area contributed by atoms with Gasteiger partial charge in [-0.2, -0.15) is 0 Å². The van der Waals surface area contributed by atoms with Crippen molar-refractivity contribution in [1.29, 1.82) is 0 Å². The number of unbranched alkanes of at least 4 members (excludes halogenated alkanes) is 1. The molecule has 0 aliphatic carbocycles. The normalized spacial score (nSPS) is 13.0. The maximum atomic E-state index is 12.2. The van der Waals surface area contributed by atoms with Gasteiger partial charge in [-0.3, -0.25) is 14.5 Å². The molecule has 7 heteroatoms. The minimum absolute atomic E-state index is 0.249. The third kappa shape index (κ3) is 5.56. The lowest BCUT2D eigenvalue weighted by molar-refractivity contribution is 0.0653. The first-order valence-corrected chi connectivity index (χ1v) is 9.19. The van der Waals surface area contributed by atoms with Gasteiger partial charge in [0.05, 0.1) is 11.1 Å². The summed E-state index contributed by atoms with van der Waals surface area (Å²) in [6.45, 7) is 4.75. The van der Waals surface area contributed by atoms with Crippen molar-refractivity contribution in [3.05, 3.63) is 35.4 Å². The highest BCUT2D eigenvalue weighted by Crippen LogP contribution is 2.22. The lowest BCUT2D eigenvalue weighted by Gasteiger charge is -2.14. The van der Waals surface area contributed by atoms with E-state index in [1.807, 2.05) is 0 Å². The SMILES string of the molecule is CCCCOCCCNC(=O)NCCCN1C(=O)c2ccccc2C1=O. The van der Waals surface area contributed by atoms with Gasteiger partial charge in [0.15, 0.2) is 0 Å². The van der Waals surface area contributed by atoms with Crippen molar-refractivity contribution in [2.75, 3.05) is 32.8 Å². The predicted molar refractivity (Wildman–Crippen MR) is 98.2 cm³/mol. The topological polar surface area (TPSA) is 87.7 Å². The zero-order valence-corrected chi connectivity index (χ0v) is 15.3. The highest BCUT2D eigenvalue weighted by molar-refractivity contribution is 6.21. The fourth-order valence-corrected chi connectivity index (χ4v) is 2.67. The molecule has 26 heavy (non-hydrogen) atoms. The molecule has 0 fully saturated rings. The van der Waals surface area contributed by atoms with E-state index in [-0.39, 0.29) is 24.4 Å². The molecule has 1 heterocycles. The second-order valence-electron chi connectivity index (χ2n) is 6.16. The van der Waals surface area contributed by atoms with Crippen LogP contribution in [-0.4, -0.2) is 55.6 Å². The van der Waals surface area contributed by atoms with Crippen LogP contribution in [0.2, 0.25) is 0 Å². The van der Waals surface area contributed by atoms with Crippen molar-refractivity contribution in [1.82, 2.24) is 15.5 Å².